The summed E-state index contributed by atoms with van der Waals surface area (Å²) in [6, 6.07) is 8.35. The lowest BCUT2D eigenvalue weighted by Crippen LogP contribution is -2.34. The maximum absolute atomic E-state index is 10.9. The van der Waals surface area contributed by atoms with Crippen molar-refractivity contribution in [2.75, 3.05) is 6.54 Å². The number of unbranched alkanes of at least 4 members (excludes halogenated alkanes) is 3. The van der Waals surface area contributed by atoms with Gasteiger partial charge in [-0.05, 0) is 31.9 Å². The second-order valence-electron chi connectivity index (χ2n) is 5.50. The van der Waals surface area contributed by atoms with Crippen molar-refractivity contribution in [1.82, 2.24) is 5.32 Å². The quantitative estimate of drug-likeness (QED) is 0.643. The summed E-state index contributed by atoms with van der Waals surface area (Å²) in [6.45, 7) is 5.16. The molecule has 0 bridgehead atoms. The molecular formula is C17H27NO2. The first kappa shape index (κ1) is 16.7. The second-order valence-corrected chi connectivity index (χ2v) is 5.50. The Balaban J connectivity index is 2.42. The Kier molecular flexibility index (Phi) is 7.97. The zero-order chi connectivity index (χ0) is 14.8. The fraction of sp³-hybridized carbons (Fsp3) is 0.588. The van der Waals surface area contributed by atoms with Gasteiger partial charge in [-0.2, -0.15) is 0 Å². The van der Waals surface area contributed by atoms with Crippen LogP contribution in [-0.4, -0.2) is 23.7 Å². The first-order chi connectivity index (χ1) is 9.61. The van der Waals surface area contributed by atoms with Crippen LogP contribution in [0.3, 0.4) is 0 Å². The Morgan fingerprint density at radius 1 is 1.20 bits per heavy atom. The standard InChI is InChI=1S/C17H27NO2/c1-3-4-5-6-11-18-16(13-17(19)20)12-15-9-7-14(2)8-10-15/h7-10,16,18H,3-6,11-13H2,1-2H3,(H,19,20). The average Bonchev–Trinajstić information content (AvgIpc) is 2.40. The molecule has 0 saturated carbocycles. The molecule has 0 heterocycles. The van der Waals surface area contributed by atoms with Crippen LogP contribution in [0.25, 0.3) is 0 Å². The van der Waals surface area contributed by atoms with Gasteiger partial charge in [0.2, 0.25) is 0 Å². The predicted molar refractivity (Wildman–Crippen MR) is 83.1 cm³/mol. The van der Waals surface area contributed by atoms with E-state index < -0.39 is 5.97 Å². The van der Waals surface area contributed by atoms with E-state index in [1.807, 2.05) is 0 Å². The number of hydrogen-bond acceptors (Lipinski definition) is 2. The van der Waals surface area contributed by atoms with Gasteiger partial charge in [0.25, 0.3) is 0 Å². The highest BCUT2D eigenvalue weighted by Crippen LogP contribution is 2.09. The molecule has 1 aromatic carbocycles. The Hall–Kier alpha value is -1.35. The molecule has 0 aliphatic rings. The normalized spacial score (nSPS) is 12.3. The van der Waals surface area contributed by atoms with Gasteiger partial charge in [-0.1, -0.05) is 56.0 Å². The van der Waals surface area contributed by atoms with Crippen molar-refractivity contribution in [3.63, 3.8) is 0 Å². The van der Waals surface area contributed by atoms with Crippen molar-refractivity contribution in [1.29, 1.82) is 0 Å². The maximum atomic E-state index is 10.9. The number of aryl methyl sites for hydroxylation is 1. The lowest BCUT2D eigenvalue weighted by atomic mass is 10.0. The van der Waals surface area contributed by atoms with Gasteiger partial charge in [-0.25, -0.2) is 0 Å². The Morgan fingerprint density at radius 3 is 2.50 bits per heavy atom. The monoisotopic (exact) mass is 277 g/mol. The van der Waals surface area contributed by atoms with Gasteiger partial charge >= 0.3 is 5.97 Å². The van der Waals surface area contributed by atoms with E-state index >= 15 is 0 Å². The third-order valence-corrected chi connectivity index (χ3v) is 3.49. The van der Waals surface area contributed by atoms with Crippen molar-refractivity contribution in [3.8, 4) is 0 Å². The Bertz CT molecular complexity index is 386. The molecule has 1 atom stereocenters. The largest absolute Gasteiger partial charge is 0.481 e. The molecule has 0 amide bonds. The fourth-order valence-corrected chi connectivity index (χ4v) is 2.29. The molecule has 0 aliphatic carbocycles. The number of rotatable bonds is 10. The molecular weight excluding hydrogens is 250 g/mol. The number of hydrogen-bond donors (Lipinski definition) is 2. The predicted octanol–water partition coefficient (Wildman–Crippen LogP) is 3.55. The number of benzene rings is 1. The van der Waals surface area contributed by atoms with E-state index in [-0.39, 0.29) is 12.5 Å². The number of aliphatic carboxylic acids is 1. The van der Waals surface area contributed by atoms with Crippen LogP contribution in [0, 0.1) is 6.92 Å². The fourth-order valence-electron chi connectivity index (χ4n) is 2.29. The first-order valence-electron chi connectivity index (χ1n) is 7.62. The summed E-state index contributed by atoms with van der Waals surface area (Å²) in [7, 11) is 0. The second kappa shape index (κ2) is 9.54. The van der Waals surface area contributed by atoms with Gasteiger partial charge in [0, 0.05) is 6.04 Å². The zero-order valence-electron chi connectivity index (χ0n) is 12.7. The highest BCUT2D eigenvalue weighted by molar-refractivity contribution is 5.67. The number of carbonyl (C=O) groups is 1. The molecule has 0 radical (unpaired) electrons. The summed E-state index contributed by atoms with van der Waals surface area (Å²) < 4.78 is 0. The molecule has 0 aromatic heterocycles. The highest BCUT2D eigenvalue weighted by atomic mass is 16.4. The van der Waals surface area contributed by atoms with Gasteiger partial charge in [0.15, 0.2) is 0 Å². The van der Waals surface area contributed by atoms with E-state index in [0.717, 1.165) is 19.4 Å². The van der Waals surface area contributed by atoms with Crippen LogP contribution in [0.1, 0.15) is 50.2 Å². The SMILES string of the molecule is CCCCCCNC(CC(=O)O)Cc1ccc(C)cc1. The molecule has 3 nitrogen and oxygen atoms in total. The van der Waals surface area contributed by atoms with E-state index in [2.05, 4.69) is 43.4 Å². The molecule has 0 saturated heterocycles. The molecule has 0 aliphatic heterocycles. The van der Waals surface area contributed by atoms with Gasteiger partial charge in [0.05, 0.1) is 6.42 Å². The van der Waals surface area contributed by atoms with Crippen LogP contribution in [0.15, 0.2) is 24.3 Å². The van der Waals surface area contributed by atoms with Gasteiger partial charge in [-0.15, -0.1) is 0 Å². The maximum Gasteiger partial charge on any atom is 0.304 e. The summed E-state index contributed by atoms with van der Waals surface area (Å²) in [4.78, 5) is 10.9. The summed E-state index contributed by atoms with van der Waals surface area (Å²) in [5, 5.41) is 12.4. The van der Waals surface area contributed by atoms with Crippen molar-refractivity contribution < 1.29 is 9.90 Å². The minimum atomic E-state index is -0.733. The molecule has 3 heteroatoms. The lowest BCUT2D eigenvalue weighted by Gasteiger charge is -2.17. The molecule has 1 unspecified atom stereocenters. The first-order valence-corrected chi connectivity index (χ1v) is 7.62. The van der Waals surface area contributed by atoms with Gasteiger partial charge < -0.3 is 10.4 Å². The van der Waals surface area contributed by atoms with E-state index in [1.54, 1.807) is 0 Å². The number of carboxylic acids is 1. The minimum Gasteiger partial charge on any atom is -0.481 e. The number of nitrogens with one attached hydrogen (secondary N) is 1. The topological polar surface area (TPSA) is 49.3 Å². The summed E-state index contributed by atoms with van der Waals surface area (Å²) in [5.74, 6) is -0.733. The van der Waals surface area contributed by atoms with Crippen molar-refractivity contribution in [2.24, 2.45) is 0 Å². The molecule has 1 aromatic rings. The molecule has 0 fully saturated rings. The highest BCUT2D eigenvalue weighted by Gasteiger charge is 2.13. The van der Waals surface area contributed by atoms with Gasteiger partial charge in [0.1, 0.15) is 0 Å². The van der Waals surface area contributed by atoms with Crippen molar-refractivity contribution >= 4 is 5.97 Å². The molecule has 20 heavy (non-hydrogen) atoms. The van der Waals surface area contributed by atoms with Crippen LogP contribution in [0.5, 0.6) is 0 Å². The van der Waals surface area contributed by atoms with Crippen LogP contribution >= 0.6 is 0 Å². The van der Waals surface area contributed by atoms with Gasteiger partial charge in [-0.3, -0.25) is 4.79 Å². The third-order valence-electron chi connectivity index (χ3n) is 3.49. The molecule has 2 N–H and O–H groups in total. The molecule has 0 spiro atoms. The zero-order valence-corrected chi connectivity index (χ0v) is 12.7. The van der Waals surface area contributed by atoms with Crippen LogP contribution in [0.2, 0.25) is 0 Å². The van der Waals surface area contributed by atoms with E-state index in [1.165, 1.54) is 30.4 Å². The molecule has 112 valence electrons. The van der Waals surface area contributed by atoms with E-state index in [4.69, 9.17) is 5.11 Å². The lowest BCUT2D eigenvalue weighted by molar-refractivity contribution is -0.137. The van der Waals surface area contributed by atoms with Crippen molar-refractivity contribution in [3.05, 3.63) is 35.4 Å². The van der Waals surface area contributed by atoms with E-state index in [9.17, 15) is 4.79 Å². The third kappa shape index (κ3) is 7.29. The van der Waals surface area contributed by atoms with Crippen LogP contribution < -0.4 is 5.32 Å². The Morgan fingerprint density at radius 2 is 1.90 bits per heavy atom. The summed E-state index contributed by atoms with van der Waals surface area (Å²) in [5.41, 5.74) is 2.43. The summed E-state index contributed by atoms with van der Waals surface area (Å²) in [6.07, 6.45) is 5.78. The smallest absolute Gasteiger partial charge is 0.304 e. The number of carboxylic acid groups (broad SMARTS) is 1. The Labute approximate surface area is 122 Å². The summed E-state index contributed by atoms with van der Waals surface area (Å²) >= 11 is 0. The van der Waals surface area contributed by atoms with Crippen LogP contribution in [-0.2, 0) is 11.2 Å². The molecule has 1 rings (SSSR count). The average molecular weight is 277 g/mol. The van der Waals surface area contributed by atoms with E-state index in [0.29, 0.717) is 0 Å². The van der Waals surface area contributed by atoms with Crippen LogP contribution in [0.4, 0.5) is 0 Å². The minimum absolute atomic E-state index is 0.0248. The van der Waals surface area contributed by atoms with Crippen molar-refractivity contribution in [2.45, 2.75) is 58.4 Å².